The number of likely N-dealkylation sites (N-methyl/N-ethyl adjacent to an activating group) is 2. The number of imide groups is 1. The Morgan fingerprint density at radius 1 is 1.20 bits per heavy atom. The molecule has 1 saturated heterocycles. The molecule has 0 aromatic carbocycles. The molecule has 134 valence electrons. The van der Waals surface area contributed by atoms with Crippen LogP contribution in [0.1, 0.15) is 37.7 Å². The molecule has 2 aliphatic rings. The molecule has 1 unspecified atom stereocenters. The minimum atomic E-state index is -0.595. The second kappa shape index (κ2) is 5.79. The van der Waals surface area contributed by atoms with Crippen molar-refractivity contribution < 1.29 is 14.2 Å². The lowest BCUT2D eigenvalue weighted by molar-refractivity contribution is -0.567. The number of aryl methyl sites for hydroxylation is 1. The van der Waals surface area contributed by atoms with Gasteiger partial charge >= 0.3 is 12.0 Å². The normalized spacial score (nSPS) is 20.8. The Labute approximate surface area is 147 Å². The molecule has 0 saturated carbocycles. The van der Waals surface area contributed by atoms with Gasteiger partial charge in [-0.05, 0) is 41.5 Å². The lowest BCUT2D eigenvalue weighted by Gasteiger charge is -2.34. The highest BCUT2D eigenvalue weighted by molar-refractivity contribution is 6.23. The molecule has 0 bridgehead atoms. The third-order valence-electron chi connectivity index (χ3n) is 5.04. The van der Waals surface area contributed by atoms with E-state index in [-0.39, 0.29) is 18.0 Å². The van der Waals surface area contributed by atoms with Crippen LogP contribution in [0.2, 0.25) is 0 Å². The van der Waals surface area contributed by atoms with Gasteiger partial charge in [-0.25, -0.2) is 9.37 Å². The number of hydrogen-bond donors (Lipinski definition) is 0. The standard InChI is InChI=1S/C17H25N6O2/c1-8-21-15(24)13-14(20(7)17(21)25)18-16(22(13)9(2)3)23-12(6)10(4)11(5)19-23/h9,13H,8H2,1-7H3/q+1. The molecule has 8 heteroatoms. The van der Waals surface area contributed by atoms with Crippen LogP contribution in [0, 0.1) is 20.8 Å². The van der Waals surface area contributed by atoms with Gasteiger partial charge in [-0.1, -0.05) is 4.99 Å². The van der Waals surface area contributed by atoms with Crippen LogP contribution in [-0.4, -0.2) is 73.6 Å². The fourth-order valence-electron chi connectivity index (χ4n) is 3.36. The molecule has 0 N–H and O–H groups in total. The van der Waals surface area contributed by atoms with Crippen molar-refractivity contribution in [2.24, 2.45) is 4.99 Å². The maximum atomic E-state index is 13.0. The highest BCUT2D eigenvalue weighted by Crippen LogP contribution is 2.23. The Morgan fingerprint density at radius 2 is 1.84 bits per heavy atom. The first kappa shape index (κ1) is 17.3. The van der Waals surface area contributed by atoms with Gasteiger partial charge in [0.1, 0.15) is 5.69 Å². The maximum Gasteiger partial charge on any atom is 0.421 e. The minimum Gasteiger partial charge on any atom is -0.270 e. The third-order valence-corrected chi connectivity index (χ3v) is 5.04. The zero-order valence-corrected chi connectivity index (χ0v) is 15.9. The van der Waals surface area contributed by atoms with Crippen molar-refractivity contribution in [3.8, 4) is 0 Å². The lowest BCUT2D eigenvalue weighted by atomic mass is 10.1. The van der Waals surface area contributed by atoms with Crippen molar-refractivity contribution in [2.75, 3.05) is 13.6 Å². The van der Waals surface area contributed by atoms with Crippen LogP contribution in [0.3, 0.4) is 0 Å². The molecule has 3 heterocycles. The Balaban J connectivity index is 2.23. The highest BCUT2D eigenvalue weighted by atomic mass is 16.2. The van der Waals surface area contributed by atoms with Crippen molar-refractivity contribution in [1.29, 1.82) is 0 Å². The number of rotatable bonds is 2. The fraction of sp³-hybridized carbons (Fsp3) is 0.588. The summed E-state index contributed by atoms with van der Waals surface area (Å²) in [6.07, 6.45) is 0. The molecule has 2 aliphatic heterocycles. The summed E-state index contributed by atoms with van der Waals surface area (Å²) in [4.78, 5) is 32.8. The van der Waals surface area contributed by atoms with E-state index in [2.05, 4.69) is 10.1 Å². The fourth-order valence-corrected chi connectivity index (χ4v) is 3.36. The summed E-state index contributed by atoms with van der Waals surface area (Å²) in [5.74, 6) is 0.828. The van der Waals surface area contributed by atoms with Crippen molar-refractivity contribution in [3.05, 3.63) is 17.0 Å². The van der Waals surface area contributed by atoms with E-state index in [4.69, 9.17) is 0 Å². The van der Waals surface area contributed by atoms with Crippen LogP contribution >= 0.6 is 0 Å². The van der Waals surface area contributed by atoms with E-state index in [0.29, 0.717) is 18.3 Å². The first-order valence-corrected chi connectivity index (χ1v) is 8.56. The summed E-state index contributed by atoms with van der Waals surface area (Å²) in [5, 5.41) is 4.59. The molecule has 3 amide bonds. The number of carbonyl (C=O) groups excluding carboxylic acids is 2. The van der Waals surface area contributed by atoms with Crippen LogP contribution in [0.15, 0.2) is 4.99 Å². The maximum absolute atomic E-state index is 13.0. The van der Waals surface area contributed by atoms with Crippen molar-refractivity contribution >= 4 is 23.7 Å². The number of nitrogens with zero attached hydrogens (tertiary/aromatic N) is 6. The number of fused-ring (bicyclic) bond motifs is 1. The van der Waals surface area contributed by atoms with E-state index in [1.807, 2.05) is 39.2 Å². The van der Waals surface area contributed by atoms with E-state index in [9.17, 15) is 9.59 Å². The monoisotopic (exact) mass is 345 g/mol. The SMILES string of the molecule is CCN1C(=O)C2C(=NC(n3nc(C)c(C)c3C)=[N+]2C(C)C)N(C)C1=O. The summed E-state index contributed by atoms with van der Waals surface area (Å²) in [5.41, 5.74) is 3.00. The number of aliphatic imine (C=N–C) groups is 1. The molecule has 0 radical (unpaired) electrons. The van der Waals surface area contributed by atoms with E-state index in [0.717, 1.165) is 17.0 Å². The average Bonchev–Trinajstić information content (AvgIpc) is 3.07. The molecule has 0 aliphatic carbocycles. The second-order valence-electron chi connectivity index (χ2n) is 6.81. The summed E-state index contributed by atoms with van der Waals surface area (Å²) in [6.45, 7) is 12.1. The third kappa shape index (κ3) is 2.31. The van der Waals surface area contributed by atoms with Gasteiger partial charge in [0.25, 0.3) is 5.91 Å². The first-order valence-electron chi connectivity index (χ1n) is 8.56. The smallest absolute Gasteiger partial charge is 0.270 e. The Hall–Kier alpha value is -2.51. The van der Waals surface area contributed by atoms with Crippen molar-refractivity contribution in [1.82, 2.24) is 19.6 Å². The second-order valence-corrected chi connectivity index (χ2v) is 6.81. The van der Waals surface area contributed by atoms with Crippen LogP contribution < -0.4 is 0 Å². The van der Waals surface area contributed by atoms with Crippen molar-refractivity contribution in [3.63, 3.8) is 0 Å². The molecule has 25 heavy (non-hydrogen) atoms. The van der Waals surface area contributed by atoms with E-state index in [1.165, 1.54) is 9.80 Å². The Kier molecular flexibility index (Phi) is 4.01. The van der Waals surface area contributed by atoms with Gasteiger partial charge in [0.15, 0.2) is 0 Å². The van der Waals surface area contributed by atoms with Gasteiger partial charge in [0.2, 0.25) is 11.9 Å². The molecule has 1 fully saturated rings. The molecule has 8 nitrogen and oxygen atoms in total. The summed E-state index contributed by atoms with van der Waals surface area (Å²) in [6, 6.07) is -0.909. The van der Waals surface area contributed by atoms with Crippen LogP contribution in [-0.2, 0) is 4.79 Å². The Bertz CT molecular complexity index is 832. The van der Waals surface area contributed by atoms with Gasteiger partial charge in [-0.2, -0.15) is 0 Å². The number of amidine groups is 1. The molecule has 1 atom stereocenters. The minimum absolute atomic E-state index is 0.0229. The van der Waals surface area contributed by atoms with Gasteiger partial charge in [0, 0.05) is 19.2 Å². The predicted molar refractivity (Wildman–Crippen MR) is 94.0 cm³/mol. The topological polar surface area (TPSA) is 73.8 Å². The van der Waals surface area contributed by atoms with Gasteiger partial charge in [-0.15, -0.1) is 9.78 Å². The largest absolute Gasteiger partial charge is 0.421 e. The number of hydrogen-bond acceptors (Lipinski definition) is 4. The van der Waals surface area contributed by atoms with Crippen LogP contribution in [0.5, 0.6) is 0 Å². The van der Waals surface area contributed by atoms with Gasteiger partial charge in [0.05, 0.1) is 11.7 Å². The summed E-state index contributed by atoms with van der Waals surface area (Å²) in [7, 11) is 1.66. The molecule has 0 spiro atoms. The quantitative estimate of drug-likeness (QED) is 0.754. The van der Waals surface area contributed by atoms with E-state index < -0.39 is 6.04 Å². The predicted octanol–water partition coefficient (Wildman–Crippen LogP) is 1.13. The molecular formula is C17H25N6O2+. The van der Waals surface area contributed by atoms with E-state index >= 15 is 0 Å². The summed E-state index contributed by atoms with van der Waals surface area (Å²) >= 11 is 0. The highest BCUT2D eigenvalue weighted by Gasteiger charge is 2.53. The molecule has 1 aromatic rings. The molecule has 1 aromatic heterocycles. The van der Waals surface area contributed by atoms with Gasteiger partial charge < -0.3 is 0 Å². The van der Waals surface area contributed by atoms with Crippen LogP contribution in [0.25, 0.3) is 0 Å². The number of urea groups is 1. The molecule has 3 rings (SSSR count). The zero-order valence-electron chi connectivity index (χ0n) is 15.9. The Morgan fingerprint density at radius 3 is 2.32 bits per heavy atom. The van der Waals surface area contributed by atoms with E-state index in [1.54, 1.807) is 18.7 Å². The number of amides is 3. The van der Waals surface area contributed by atoms with Gasteiger partial charge in [-0.3, -0.25) is 14.6 Å². The average molecular weight is 345 g/mol. The number of aromatic nitrogens is 2. The lowest BCUT2D eigenvalue weighted by Crippen LogP contribution is -2.63. The first-order chi connectivity index (χ1) is 11.7. The van der Waals surface area contributed by atoms with Crippen LogP contribution in [0.4, 0.5) is 4.79 Å². The number of carbonyl (C=O) groups is 2. The van der Waals surface area contributed by atoms with Crippen molar-refractivity contribution in [2.45, 2.75) is 53.6 Å². The zero-order chi connectivity index (χ0) is 18.6. The molecular weight excluding hydrogens is 320 g/mol. The summed E-state index contributed by atoms with van der Waals surface area (Å²) < 4.78 is 3.72.